The van der Waals surface area contributed by atoms with Gasteiger partial charge in [0.25, 0.3) is 0 Å². The van der Waals surface area contributed by atoms with Crippen LogP contribution in [0.3, 0.4) is 0 Å². The van der Waals surface area contributed by atoms with Gasteiger partial charge in [0.1, 0.15) is 5.69 Å². The molecular weight excluding hydrogens is 232 g/mol. The first-order valence-corrected chi connectivity index (χ1v) is 6.09. The summed E-state index contributed by atoms with van der Waals surface area (Å²) in [6, 6.07) is 9.97. The summed E-state index contributed by atoms with van der Waals surface area (Å²) in [5.74, 6) is 0. The summed E-state index contributed by atoms with van der Waals surface area (Å²) in [6.07, 6.45) is 0. The van der Waals surface area contributed by atoms with Crippen molar-refractivity contribution in [3.63, 3.8) is 0 Å². The number of hydrogen-bond donors (Lipinski definition) is 0. The van der Waals surface area contributed by atoms with E-state index in [0.717, 1.165) is 22.0 Å². The molecule has 17 heavy (non-hydrogen) atoms. The highest BCUT2D eigenvalue weighted by atomic mass is 32.2. The molecule has 0 unspecified atom stereocenters. The lowest BCUT2D eigenvalue weighted by Crippen LogP contribution is -1.91. The molecule has 0 aliphatic carbocycles. The Morgan fingerprint density at radius 1 is 1.18 bits per heavy atom. The Morgan fingerprint density at radius 3 is 2.47 bits per heavy atom. The average molecular weight is 246 g/mol. The molecule has 0 atom stereocenters. The van der Waals surface area contributed by atoms with Crippen molar-refractivity contribution < 1.29 is 0 Å². The molecule has 0 saturated heterocycles. The third-order valence-corrected chi connectivity index (χ3v) is 3.15. The maximum atomic E-state index is 4.29. The number of nitrogens with zero attached hydrogens (tertiary/aromatic N) is 4. The minimum absolute atomic E-state index is 0.857. The van der Waals surface area contributed by atoms with Crippen LogP contribution in [0.15, 0.2) is 44.9 Å². The van der Waals surface area contributed by atoms with Crippen LogP contribution in [0.2, 0.25) is 0 Å². The SMILES string of the molecule is Cc1nn(C)c(C)c1N=NSc1ccccc1. The van der Waals surface area contributed by atoms with E-state index < -0.39 is 0 Å². The molecule has 0 radical (unpaired) electrons. The van der Waals surface area contributed by atoms with Crippen molar-refractivity contribution in [3.8, 4) is 0 Å². The first kappa shape index (κ1) is 11.9. The zero-order valence-corrected chi connectivity index (χ0v) is 10.9. The van der Waals surface area contributed by atoms with Gasteiger partial charge >= 0.3 is 0 Å². The molecule has 0 amide bonds. The van der Waals surface area contributed by atoms with Crippen LogP contribution >= 0.6 is 11.9 Å². The van der Waals surface area contributed by atoms with Crippen LogP contribution in [0.25, 0.3) is 0 Å². The van der Waals surface area contributed by atoms with Gasteiger partial charge in [-0.05, 0) is 26.0 Å². The second-order valence-corrected chi connectivity index (χ2v) is 4.55. The van der Waals surface area contributed by atoms with Crippen molar-refractivity contribution in [1.29, 1.82) is 0 Å². The number of benzene rings is 1. The van der Waals surface area contributed by atoms with Crippen molar-refractivity contribution in [1.82, 2.24) is 9.78 Å². The van der Waals surface area contributed by atoms with E-state index in [1.807, 2.05) is 55.9 Å². The van der Waals surface area contributed by atoms with Gasteiger partial charge in [-0.3, -0.25) is 4.68 Å². The van der Waals surface area contributed by atoms with Gasteiger partial charge < -0.3 is 0 Å². The quantitative estimate of drug-likeness (QED) is 0.610. The van der Waals surface area contributed by atoms with Crippen LogP contribution in [-0.4, -0.2) is 9.78 Å². The molecule has 0 spiro atoms. The highest BCUT2D eigenvalue weighted by molar-refractivity contribution is 7.97. The van der Waals surface area contributed by atoms with E-state index in [2.05, 4.69) is 14.7 Å². The van der Waals surface area contributed by atoms with Gasteiger partial charge in [-0.1, -0.05) is 18.2 Å². The molecule has 88 valence electrons. The van der Waals surface area contributed by atoms with Crippen LogP contribution < -0.4 is 0 Å². The Labute approximate surface area is 105 Å². The molecule has 0 fully saturated rings. The molecule has 0 N–H and O–H groups in total. The van der Waals surface area contributed by atoms with Crippen molar-refractivity contribution in [2.75, 3.05) is 0 Å². The predicted octanol–water partition coefficient (Wildman–Crippen LogP) is 3.83. The predicted molar refractivity (Wildman–Crippen MR) is 69.5 cm³/mol. The molecule has 0 saturated carbocycles. The second-order valence-electron chi connectivity index (χ2n) is 3.73. The normalized spacial score (nSPS) is 11.2. The second kappa shape index (κ2) is 5.14. The lowest BCUT2D eigenvalue weighted by atomic mass is 10.3. The van der Waals surface area contributed by atoms with Crippen molar-refractivity contribution in [3.05, 3.63) is 41.7 Å². The molecule has 4 nitrogen and oxygen atoms in total. The maximum absolute atomic E-state index is 4.29. The van der Waals surface area contributed by atoms with Crippen LogP contribution in [0, 0.1) is 13.8 Å². The van der Waals surface area contributed by atoms with Crippen LogP contribution in [0.1, 0.15) is 11.4 Å². The Balaban J connectivity index is 2.11. The fraction of sp³-hybridized carbons (Fsp3) is 0.250. The summed E-state index contributed by atoms with van der Waals surface area (Å²) in [5, 5.41) is 8.52. The average Bonchev–Trinajstić information content (AvgIpc) is 2.57. The fourth-order valence-electron chi connectivity index (χ4n) is 1.50. The van der Waals surface area contributed by atoms with Gasteiger partial charge in [-0.15, -0.1) is 9.63 Å². The van der Waals surface area contributed by atoms with Crippen LogP contribution in [0.5, 0.6) is 0 Å². The number of hydrogen-bond acceptors (Lipinski definition) is 4. The largest absolute Gasteiger partial charge is 0.270 e. The summed E-state index contributed by atoms with van der Waals surface area (Å²) >= 11 is 1.36. The minimum Gasteiger partial charge on any atom is -0.270 e. The van der Waals surface area contributed by atoms with E-state index in [1.165, 1.54) is 11.9 Å². The molecule has 1 heterocycles. The lowest BCUT2D eigenvalue weighted by molar-refractivity contribution is 0.731. The van der Waals surface area contributed by atoms with E-state index in [-0.39, 0.29) is 0 Å². The Hall–Kier alpha value is -1.62. The van der Waals surface area contributed by atoms with Crippen LogP contribution in [0.4, 0.5) is 5.69 Å². The molecule has 0 aliphatic rings. The summed E-state index contributed by atoms with van der Waals surface area (Å²) in [4.78, 5) is 1.08. The van der Waals surface area contributed by atoms with Gasteiger partial charge in [-0.2, -0.15) is 5.10 Å². The summed E-state index contributed by atoms with van der Waals surface area (Å²) in [5.41, 5.74) is 2.79. The van der Waals surface area contributed by atoms with Crippen LogP contribution in [-0.2, 0) is 7.05 Å². The molecular formula is C12H14N4S. The maximum Gasteiger partial charge on any atom is 0.130 e. The highest BCUT2D eigenvalue weighted by Crippen LogP contribution is 2.26. The van der Waals surface area contributed by atoms with Gasteiger partial charge in [0.05, 0.1) is 11.4 Å². The number of rotatable bonds is 3. The van der Waals surface area contributed by atoms with Gasteiger partial charge in [0.2, 0.25) is 0 Å². The summed E-state index contributed by atoms with van der Waals surface area (Å²) in [7, 11) is 1.91. The number of aromatic nitrogens is 2. The van der Waals surface area contributed by atoms with Crippen molar-refractivity contribution in [2.24, 2.45) is 16.7 Å². The van der Waals surface area contributed by atoms with Gasteiger partial charge in [-0.25, -0.2) is 0 Å². The van der Waals surface area contributed by atoms with E-state index >= 15 is 0 Å². The van der Waals surface area contributed by atoms with E-state index in [4.69, 9.17) is 0 Å². The fourth-order valence-corrected chi connectivity index (χ4v) is 1.99. The summed E-state index contributed by atoms with van der Waals surface area (Å²) < 4.78 is 5.95. The third kappa shape index (κ3) is 2.74. The zero-order chi connectivity index (χ0) is 12.3. The van der Waals surface area contributed by atoms with Crippen molar-refractivity contribution >= 4 is 17.6 Å². The Morgan fingerprint density at radius 2 is 1.88 bits per heavy atom. The lowest BCUT2D eigenvalue weighted by Gasteiger charge is -1.94. The topological polar surface area (TPSA) is 42.5 Å². The molecule has 2 rings (SSSR count). The van der Waals surface area contributed by atoms with E-state index in [0.29, 0.717) is 0 Å². The standard InChI is InChI=1S/C12H14N4S/c1-9-12(10(2)16(3)14-9)13-15-17-11-7-5-4-6-8-11/h4-8H,1-3H3. The third-order valence-electron chi connectivity index (χ3n) is 2.50. The molecule has 1 aromatic heterocycles. The molecule has 1 aromatic carbocycles. The van der Waals surface area contributed by atoms with E-state index in [1.54, 1.807) is 0 Å². The monoisotopic (exact) mass is 246 g/mol. The minimum atomic E-state index is 0.857. The van der Waals surface area contributed by atoms with Crippen molar-refractivity contribution in [2.45, 2.75) is 18.7 Å². The molecule has 0 aliphatic heterocycles. The van der Waals surface area contributed by atoms with Gasteiger partial charge in [0, 0.05) is 23.9 Å². The Kier molecular flexibility index (Phi) is 3.58. The highest BCUT2D eigenvalue weighted by Gasteiger charge is 2.07. The first-order chi connectivity index (χ1) is 8.18. The zero-order valence-electron chi connectivity index (χ0n) is 10.1. The first-order valence-electron chi connectivity index (χ1n) is 5.32. The smallest absolute Gasteiger partial charge is 0.130 e. The molecule has 5 heteroatoms. The Bertz CT molecular complexity index is 531. The molecule has 2 aromatic rings. The molecule has 0 bridgehead atoms. The van der Waals surface area contributed by atoms with E-state index in [9.17, 15) is 0 Å². The number of aryl methyl sites for hydroxylation is 2. The summed E-state index contributed by atoms with van der Waals surface area (Å²) in [6.45, 7) is 3.93. The van der Waals surface area contributed by atoms with Gasteiger partial charge in [0.15, 0.2) is 0 Å².